The van der Waals surface area contributed by atoms with E-state index in [0.29, 0.717) is 12.0 Å². The van der Waals surface area contributed by atoms with Gasteiger partial charge < -0.3 is 25.0 Å². The Labute approximate surface area is 210 Å². The van der Waals surface area contributed by atoms with Crippen molar-refractivity contribution in [2.45, 2.75) is 51.2 Å². The van der Waals surface area contributed by atoms with E-state index in [1.165, 1.54) is 43.4 Å². The van der Waals surface area contributed by atoms with Crippen LogP contribution in [0.5, 0.6) is 0 Å². The van der Waals surface area contributed by atoms with Gasteiger partial charge in [-0.2, -0.15) is 0 Å². The summed E-state index contributed by atoms with van der Waals surface area (Å²) in [5, 5.41) is 7.26. The molecule has 1 aromatic rings. The van der Waals surface area contributed by atoms with Crippen molar-refractivity contribution < 1.29 is 9.47 Å². The lowest BCUT2D eigenvalue weighted by Crippen LogP contribution is -2.50. The zero-order chi connectivity index (χ0) is 21.5. The van der Waals surface area contributed by atoms with E-state index in [9.17, 15) is 0 Å². The van der Waals surface area contributed by atoms with Crippen molar-refractivity contribution in [3.63, 3.8) is 0 Å². The van der Waals surface area contributed by atoms with Gasteiger partial charge in [-0.15, -0.1) is 24.0 Å². The van der Waals surface area contributed by atoms with Crippen LogP contribution >= 0.6 is 24.0 Å². The largest absolute Gasteiger partial charge is 0.381 e. The van der Waals surface area contributed by atoms with Crippen LogP contribution in [-0.2, 0) is 9.47 Å². The maximum Gasteiger partial charge on any atom is 0.191 e. The van der Waals surface area contributed by atoms with Crippen LogP contribution in [0.2, 0.25) is 0 Å². The summed E-state index contributed by atoms with van der Waals surface area (Å²) in [6.45, 7) is 9.29. The second-order valence-corrected chi connectivity index (χ2v) is 9.51. The Bertz CT molecular complexity index is 700. The number of hydrogen-bond donors (Lipinski definition) is 2. The Balaban J connectivity index is 0.00000289. The van der Waals surface area contributed by atoms with Gasteiger partial charge in [0.2, 0.25) is 0 Å². The molecule has 3 saturated heterocycles. The van der Waals surface area contributed by atoms with Crippen LogP contribution in [-0.4, -0.2) is 69.9 Å². The van der Waals surface area contributed by atoms with E-state index < -0.39 is 0 Å². The van der Waals surface area contributed by atoms with E-state index in [2.05, 4.69) is 51.7 Å². The lowest BCUT2D eigenvalue weighted by Gasteiger charge is -2.35. The molecule has 180 valence electrons. The fraction of sp³-hybridized carbons (Fsp3) is 0.720. The van der Waals surface area contributed by atoms with Gasteiger partial charge in [0.25, 0.3) is 0 Å². The number of halogens is 1. The molecule has 3 aliphatic heterocycles. The van der Waals surface area contributed by atoms with E-state index in [4.69, 9.17) is 9.47 Å². The average Bonchev–Trinajstić information content (AvgIpc) is 3.32. The Morgan fingerprint density at radius 3 is 2.56 bits per heavy atom. The predicted molar refractivity (Wildman–Crippen MR) is 141 cm³/mol. The van der Waals surface area contributed by atoms with Crippen molar-refractivity contribution in [2.24, 2.45) is 16.8 Å². The molecule has 0 aliphatic carbocycles. The summed E-state index contributed by atoms with van der Waals surface area (Å²) < 4.78 is 11.7. The minimum absolute atomic E-state index is 0. The third kappa shape index (κ3) is 7.30. The molecule has 0 amide bonds. The summed E-state index contributed by atoms with van der Waals surface area (Å²) in [6.07, 6.45) is 6.06. The van der Waals surface area contributed by atoms with Crippen LogP contribution in [0.15, 0.2) is 29.3 Å². The zero-order valence-corrected chi connectivity index (χ0v) is 22.1. The monoisotopic (exact) mass is 556 g/mol. The fourth-order valence-corrected chi connectivity index (χ4v) is 5.15. The number of piperidine rings is 1. The maximum absolute atomic E-state index is 6.18. The summed E-state index contributed by atoms with van der Waals surface area (Å²) in [6, 6.07) is 9.31. The Kier molecular flexibility index (Phi) is 10.5. The van der Waals surface area contributed by atoms with E-state index in [1.807, 2.05) is 7.05 Å². The average molecular weight is 557 g/mol. The predicted octanol–water partition coefficient (Wildman–Crippen LogP) is 3.75. The van der Waals surface area contributed by atoms with Gasteiger partial charge in [0.1, 0.15) is 0 Å². The summed E-state index contributed by atoms with van der Waals surface area (Å²) in [4.78, 5) is 7.11. The lowest BCUT2D eigenvalue weighted by molar-refractivity contribution is -0.0265. The highest BCUT2D eigenvalue weighted by Crippen LogP contribution is 2.33. The van der Waals surface area contributed by atoms with E-state index in [1.54, 1.807) is 0 Å². The first-order chi connectivity index (χ1) is 15.2. The van der Waals surface area contributed by atoms with Crippen LogP contribution in [0.25, 0.3) is 0 Å². The van der Waals surface area contributed by atoms with Gasteiger partial charge in [-0.3, -0.25) is 4.99 Å². The molecule has 0 saturated carbocycles. The van der Waals surface area contributed by atoms with Crippen molar-refractivity contribution >= 4 is 29.9 Å². The Hall–Kier alpha value is -0.900. The van der Waals surface area contributed by atoms with Crippen LogP contribution in [0, 0.1) is 18.8 Å². The highest BCUT2D eigenvalue weighted by Gasteiger charge is 2.28. The van der Waals surface area contributed by atoms with Crippen LogP contribution < -0.4 is 10.6 Å². The molecule has 2 N–H and O–H groups in total. The summed E-state index contributed by atoms with van der Waals surface area (Å²) in [7, 11) is 1.87. The highest BCUT2D eigenvalue weighted by atomic mass is 127. The number of benzene rings is 1. The number of ether oxygens (including phenoxy) is 2. The smallest absolute Gasteiger partial charge is 0.191 e. The number of aliphatic imine (C=N–C) groups is 1. The van der Waals surface area contributed by atoms with Gasteiger partial charge in [-0.25, -0.2) is 0 Å². The molecule has 6 nitrogen and oxygen atoms in total. The molecule has 0 aromatic heterocycles. The topological polar surface area (TPSA) is 58.1 Å². The molecule has 3 heterocycles. The van der Waals surface area contributed by atoms with E-state index in [-0.39, 0.29) is 30.1 Å². The van der Waals surface area contributed by atoms with Gasteiger partial charge in [-0.1, -0.05) is 29.8 Å². The number of aryl methyl sites for hydroxylation is 1. The molecule has 4 rings (SSSR count). The molecule has 3 fully saturated rings. The summed E-state index contributed by atoms with van der Waals surface area (Å²) >= 11 is 0. The molecule has 1 aromatic carbocycles. The molecular formula is C25H41IN4O2. The van der Waals surface area contributed by atoms with Crippen molar-refractivity contribution in [2.75, 3.05) is 53.0 Å². The summed E-state index contributed by atoms with van der Waals surface area (Å²) in [5.41, 5.74) is 2.58. The van der Waals surface area contributed by atoms with Crippen molar-refractivity contribution in [1.29, 1.82) is 0 Å². The first-order valence-electron chi connectivity index (χ1n) is 12.2. The van der Waals surface area contributed by atoms with E-state index >= 15 is 0 Å². The Morgan fingerprint density at radius 2 is 1.88 bits per heavy atom. The quantitative estimate of drug-likeness (QED) is 0.318. The fourth-order valence-electron chi connectivity index (χ4n) is 5.15. The highest BCUT2D eigenvalue weighted by molar-refractivity contribution is 14.0. The van der Waals surface area contributed by atoms with E-state index in [0.717, 1.165) is 57.8 Å². The first kappa shape index (κ1) is 25.7. The number of rotatable bonds is 6. The SMILES string of the molecule is CN=C(NCC1CCCOC1c1ccc(C)cc1)NC1CCN(CC2CCOC2)CC1.I. The molecule has 32 heavy (non-hydrogen) atoms. The standard InChI is InChI=1S/C25H40N4O2.HI/c1-19-5-7-21(8-6-19)24-22(4-3-14-31-24)16-27-25(26-2)28-23-9-12-29(13-10-23)17-20-11-15-30-18-20;/h5-8,20,22-24H,3-4,9-18H2,1-2H3,(H2,26,27,28);1H. The van der Waals surface area contributed by atoms with Crippen LogP contribution in [0.3, 0.4) is 0 Å². The third-order valence-corrected chi connectivity index (χ3v) is 7.07. The second-order valence-electron chi connectivity index (χ2n) is 9.51. The van der Waals surface area contributed by atoms with Crippen molar-refractivity contribution in [3.05, 3.63) is 35.4 Å². The molecule has 0 radical (unpaired) electrons. The molecule has 0 bridgehead atoms. The number of likely N-dealkylation sites (tertiary alicyclic amines) is 1. The molecule has 3 aliphatic rings. The molecule has 7 heteroatoms. The third-order valence-electron chi connectivity index (χ3n) is 7.07. The minimum atomic E-state index is 0. The normalized spacial score (nSPS) is 27.7. The Morgan fingerprint density at radius 1 is 1.09 bits per heavy atom. The number of nitrogens with one attached hydrogen (secondary N) is 2. The van der Waals surface area contributed by atoms with Gasteiger partial charge in [-0.05, 0) is 50.5 Å². The van der Waals surface area contributed by atoms with Gasteiger partial charge in [0, 0.05) is 58.4 Å². The molecule has 0 spiro atoms. The molecule has 3 atom stereocenters. The molecule has 3 unspecified atom stereocenters. The van der Waals surface area contributed by atoms with Crippen LogP contribution in [0.4, 0.5) is 0 Å². The zero-order valence-electron chi connectivity index (χ0n) is 19.7. The minimum Gasteiger partial charge on any atom is -0.381 e. The summed E-state index contributed by atoms with van der Waals surface area (Å²) in [5.74, 6) is 2.12. The lowest BCUT2D eigenvalue weighted by atomic mass is 9.89. The van der Waals surface area contributed by atoms with Gasteiger partial charge in [0.05, 0.1) is 12.7 Å². The van der Waals surface area contributed by atoms with Crippen molar-refractivity contribution in [1.82, 2.24) is 15.5 Å². The number of guanidine groups is 1. The first-order valence-corrected chi connectivity index (χ1v) is 12.2. The maximum atomic E-state index is 6.18. The number of nitrogens with zero attached hydrogens (tertiary/aromatic N) is 2. The molecular weight excluding hydrogens is 515 g/mol. The second kappa shape index (κ2) is 13.1. The number of hydrogen-bond acceptors (Lipinski definition) is 4. The van der Waals surface area contributed by atoms with Gasteiger partial charge in [0.15, 0.2) is 5.96 Å². The van der Waals surface area contributed by atoms with Gasteiger partial charge >= 0.3 is 0 Å². The van der Waals surface area contributed by atoms with Crippen LogP contribution in [0.1, 0.15) is 49.3 Å². The van der Waals surface area contributed by atoms with Crippen molar-refractivity contribution in [3.8, 4) is 0 Å².